The van der Waals surface area contributed by atoms with E-state index in [0.717, 1.165) is 38.1 Å². The predicted molar refractivity (Wildman–Crippen MR) is 71.5 cm³/mol. The largest absolute Gasteiger partial charge is 0.494 e. The highest BCUT2D eigenvalue weighted by atomic mass is 16.5. The first kappa shape index (κ1) is 12.9. The van der Waals surface area contributed by atoms with Crippen LogP contribution in [0.1, 0.15) is 25.3 Å². The molecular weight excluding hydrogens is 224 g/mol. The second kappa shape index (κ2) is 5.88. The van der Waals surface area contributed by atoms with Gasteiger partial charge in [0.25, 0.3) is 0 Å². The summed E-state index contributed by atoms with van der Waals surface area (Å²) >= 11 is 0. The van der Waals surface area contributed by atoms with Gasteiger partial charge in [0.2, 0.25) is 0 Å². The highest BCUT2D eigenvalue weighted by Gasteiger charge is 2.42. The van der Waals surface area contributed by atoms with E-state index in [2.05, 4.69) is 23.5 Å². The smallest absolute Gasteiger partial charge is 0.119 e. The number of hydrogen-bond donors (Lipinski definition) is 1. The molecule has 2 rings (SSSR count). The Morgan fingerprint density at radius 2 is 2.06 bits per heavy atom. The molecule has 1 aromatic rings. The summed E-state index contributed by atoms with van der Waals surface area (Å²) in [5.41, 5.74) is 1.26. The zero-order chi connectivity index (χ0) is 12.8. The van der Waals surface area contributed by atoms with Crippen LogP contribution in [-0.2, 0) is 6.42 Å². The van der Waals surface area contributed by atoms with Crippen LogP contribution in [0.4, 0.5) is 0 Å². The topological polar surface area (TPSA) is 45.0 Å². The van der Waals surface area contributed by atoms with Crippen molar-refractivity contribution in [1.29, 1.82) is 5.26 Å². The maximum Gasteiger partial charge on any atom is 0.119 e. The molecule has 1 aliphatic carbocycles. The zero-order valence-electron chi connectivity index (χ0n) is 10.9. The molecule has 3 heteroatoms. The van der Waals surface area contributed by atoms with E-state index < -0.39 is 0 Å². The van der Waals surface area contributed by atoms with Gasteiger partial charge in [-0.2, -0.15) is 5.26 Å². The molecule has 18 heavy (non-hydrogen) atoms. The van der Waals surface area contributed by atoms with Crippen molar-refractivity contribution in [1.82, 2.24) is 5.32 Å². The molecule has 0 aliphatic heterocycles. The fraction of sp³-hybridized carbons (Fsp3) is 0.533. The van der Waals surface area contributed by atoms with Crippen LogP contribution >= 0.6 is 0 Å². The van der Waals surface area contributed by atoms with E-state index in [9.17, 15) is 0 Å². The molecule has 0 amide bonds. The molecule has 0 aromatic heterocycles. The van der Waals surface area contributed by atoms with Gasteiger partial charge in [0.1, 0.15) is 5.75 Å². The summed E-state index contributed by atoms with van der Waals surface area (Å²) in [7, 11) is 0. The van der Waals surface area contributed by atoms with E-state index in [1.165, 1.54) is 5.56 Å². The van der Waals surface area contributed by atoms with Crippen molar-refractivity contribution in [2.45, 2.75) is 26.2 Å². The van der Waals surface area contributed by atoms with Gasteiger partial charge in [-0.1, -0.05) is 12.1 Å². The molecule has 0 radical (unpaired) electrons. The SMILES string of the molecule is CCOc1ccc(CCNCC2(C#N)CC2)cc1. The third-order valence-electron chi connectivity index (χ3n) is 3.38. The molecule has 1 N–H and O–H groups in total. The average molecular weight is 244 g/mol. The third kappa shape index (κ3) is 3.48. The van der Waals surface area contributed by atoms with Gasteiger partial charge in [-0.3, -0.25) is 0 Å². The number of benzene rings is 1. The maximum atomic E-state index is 8.95. The van der Waals surface area contributed by atoms with Crippen molar-refractivity contribution >= 4 is 0 Å². The van der Waals surface area contributed by atoms with Crippen LogP contribution < -0.4 is 10.1 Å². The summed E-state index contributed by atoms with van der Waals surface area (Å²) in [4.78, 5) is 0. The standard InChI is InChI=1S/C15H20N2O/c1-2-18-14-5-3-13(4-6-14)7-10-17-12-15(11-16)8-9-15/h3-6,17H,2,7-10,12H2,1H3. The van der Waals surface area contributed by atoms with Crippen molar-refractivity contribution < 1.29 is 4.74 Å². The first-order valence-electron chi connectivity index (χ1n) is 6.62. The van der Waals surface area contributed by atoms with Crippen LogP contribution in [0.5, 0.6) is 5.75 Å². The molecule has 0 bridgehead atoms. The van der Waals surface area contributed by atoms with Gasteiger partial charge in [0.05, 0.1) is 18.1 Å². The Labute approximate surface area is 109 Å². The van der Waals surface area contributed by atoms with E-state index >= 15 is 0 Å². The Bertz CT molecular complexity index is 415. The lowest BCUT2D eigenvalue weighted by atomic mass is 10.1. The summed E-state index contributed by atoms with van der Waals surface area (Å²) in [6.07, 6.45) is 3.10. The van der Waals surface area contributed by atoms with E-state index in [1.54, 1.807) is 0 Å². The first-order chi connectivity index (χ1) is 8.78. The second-order valence-corrected chi connectivity index (χ2v) is 4.90. The van der Waals surface area contributed by atoms with Crippen molar-refractivity contribution in [2.24, 2.45) is 5.41 Å². The number of nitriles is 1. The third-order valence-corrected chi connectivity index (χ3v) is 3.38. The van der Waals surface area contributed by atoms with Crippen LogP contribution in [-0.4, -0.2) is 19.7 Å². The lowest BCUT2D eigenvalue weighted by molar-refractivity contribution is 0.340. The highest BCUT2D eigenvalue weighted by Crippen LogP contribution is 2.43. The molecule has 1 aliphatic rings. The molecule has 0 atom stereocenters. The summed E-state index contributed by atoms with van der Waals surface area (Å²) < 4.78 is 5.40. The van der Waals surface area contributed by atoms with E-state index in [-0.39, 0.29) is 5.41 Å². The van der Waals surface area contributed by atoms with Crippen molar-refractivity contribution in [3.8, 4) is 11.8 Å². The van der Waals surface area contributed by atoms with Crippen LogP contribution in [0, 0.1) is 16.7 Å². The van der Waals surface area contributed by atoms with Crippen molar-refractivity contribution in [3.63, 3.8) is 0 Å². The molecule has 0 heterocycles. The molecule has 0 saturated heterocycles. The molecular formula is C15H20N2O. The van der Waals surface area contributed by atoms with E-state index in [0.29, 0.717) is 6.61 Å². The van der Waals surface area contributed by atoms with Crippen LogP contribution in [0.15, 0.2) is 24.3 Å². The molecule has 1 saturated carbocycles. The average Bonchev–Trinajstić information content (AvgIpc) is 3.18. The molecule has 1 aromatic carbocycles. The number of rotatable bonds is 7. The summed E-state index contributed by atoms with van der Waals surface area (Å²) in [6, 6.07) is 10.6. The minimum absolute atomic E-state index is 0.0428. The second-order valence-electron chi connectivity index (χ2n) is 4.90. The predicted octanol–water partition coefficient (Wildman–Crippen LogP) is 2.52. The fourth-order valence-corrected chi connectivity index (χ4v) is 1.96. The minimum atomic E-state index is -0.0428. The number of nitrogens with zero attached hydrogens (tertiary/aromatic N) is 1. The monoisotopic (exact) mass is 244 g/mol. The first-order valence-corrected chi connectivity index (χ1v) is 6.62. The molecule has 0 spiro atoms. The van der Waals surface area contributed by atoms with E-state index in [4.69, 9.17) is 10.00 Å². The van der Waals surface area contributed by atoms with Gasteiger partial charge in [-0.25, -0.2) is 0 Å². The number of ether oxygens (including phenoxy) is 1. The molecule has 3 nitrogen and oxygen atoms in total. The Morgan fingerprint density at radius 3 is 2.61 bits per heavy atom. The maximum absolute atomic E-state index is 8.95. The van der Waals surface area contributed by atoms with Crippen molar-refractivity contribution in [3.05, 3.63) is 29.8 Å². The fourth-order valence-electron chi connectivity index (χ4n) is 1.96. The number of hydrogen-bond acceptors (Lipinski definition) is 3. The van der Waals surface area contributed by atoms with E-state index in [1.807, 2.05) is 19.1 Å². The molecule has 1 fully saturated rings. The van der Waals surface area contributed by atoms with Crippen LogP contribution in [0.2, 0.25) is 0 Å². The van der Waals surface area contributed by atoms with Gasteiger partial charge in [-0.15, -0.1) is 0 Å². The Morgan fingerprint density at radius 1 is 1.33 bits per heavy atom. The van der Waals surface area contributed by atoms with Gasteiger partial charge < -0.3 is 10.1 Å². The molecule has 0 unspecified atom stereocenters. The lowest BCUT2D eigenvalue weighted by Gasteiger charge is -2.08. The highest BCUT2D eigenvalue weighted by molar-refractivity contribution is 5.27. The van der Waals surface area contributed by atoms with Crippen molar-refractivity contribution in [2.75, 3.05) is 19.7 Å². The summed E-state index contributed by atoms with van der Waals surface area (Å²) in [6.45, 7) is 4.45. The zero-order valence-corrected chi connectivity index (χ0v) is 10.9. The quantitative estimate of drug-likeness (QED) is 0.750. The minimum Gasteiger partial charge on any atom is -0.494 e. The lowest BCUT2D eigenvalue weighted by Crippen LogP contribution is -2.25. The van der Waals surface area contributed by atoms with Gasteiger partial charge in [0, 0.05) is 6.54 Å². The normalized spacial score (nSPS) is 16.0. The molecule has 96 valence electrons. The van der Waals surface area contributed by atoms with Crippen LogP contribution in [0.3, 0.4) is 0 Å². The van der Waals surface area contributed by atoms with Crippen LogP contribution in [0.25, 0.3) is 0 Å². The summed E-state index contributed by atoms with van der Waals surface area (Å²) in [5.74, 6) is 0.927. The number of nitrogens with one attached hydrogen (secondary N) is 1. The summed E-state index contributed by atoms with van der Waals surface area (Å²) in [5, 5.41) is 12.3. The van der Waals surface area contributed by atoms with Gasteiger partial charge in [-0.05, 0) is 50.4 Å². The Hall–Kier alpha value is -1.53. The van der Waals surface area contributed by atoms with Gasteiger partial charge >= 0.3 is 0 Å². The Balaban J connectivity index is 1.69. The Kier molecular flexibility index (Phi) is 4.22. The van der Waals surface area contributed by atoms with Gasteiger partial charge in [0.15, 0.2) is 0 Å².